The summed E-state index contributed by atoms with van der Waals surface area (Å²) >= 11 is 3.50. The molecule has 4 heteroatoms. The van der Waals surface area contributed by atoms with Crippen LogP contribution in [0.3, 0.4) is 0 Å². The molecule has 0 amide bonds. The summed E-state index contributed by atoms with van der Waals surface area (Å²) in [5.74, 6) is 0. The number of hydrogen-bond acceptors (Lipinski definition) is 3. The average Bonchev–Trinajstić information content (AvgIpc) is 2.27. The maximum Gasteiger partial charge on any atom is 0.0782 e. The molecule has 0 bridgehead atoms. The third kappa shape index (κ3) is 3.05. The van der Waals surface area contributed by atoms with Crippen LogP contribution < -0.4 is 4.90 Å². The zero-order valence-corrected chi connectivity index (χ0v) is 12.6. The summed E-state index contributed by atoms with van der Waals surface area (Å²) in [5.41, 5.74) is 2.07. The van der Waals surface area contributed by atoms with Gasteiger partial charge in [-0.3, -0.25) is 0 Å². The van der Waals surface area contributed by atoms with Gasteiger partial charge in [0, 0.05) is 28.8 Å². The normalized spacial score (nSPS) is 26.2. The second-order valence-electron chi connectivity index (χ2n) is 5.04. The first-order valence-corrected chi connectivity index (χ1v) is 7.14. The largest absolute Gasteiger partial charge is 0.389 e. The van der Waals surface area contributed by atoms with E-state index < -0.39 is 6.10 Å². The van der Waals surface area contributed by atoms with E-state index >= 15 is 0 Å². The van der Waals surface area contributed by atoms with Crippen molar-refractivity contribution in [2.45, 2.75) is 39.1 Å². The van der Waals surface area contributed by atoms with E-state index in [9.17, 15) is 5.11 Å². The Balaban J connectivity index is 2.33. The fraction of sp³-hybridized carbons (Fsp3) is 0.571. The monoisotopic (exact) mass is 313 g/mol. The zero-order valence-electron chi connectivity index (χ0n) is 11.1. The third-order valence-corrected chi connectivity index (χ3v) is 3.70. The molecule has 0 spiro atoms. The smallest absolute Gasteiger partial charge is 0.0782 e. The minimum atomic E-state index is -0.457. The van der Waals surface area contributed by atoms with Crippen molar-refractivity contribution in [2.75, 3.05) is 18.0 Å². The van der Waals surface area contributed by atoms with Gasteiger partial charge in [-0.25, -0.2) is 0 Å². The van der Waals surface area contributed by atoms with Gasteiger partial charge in [-0.15, -0.1) is 0 Å². The lowest BCUT2D eigenvalue weighted by Gasteiger charge is -2.38. The Hall–Kier alpha value is -0.580. The lowest BCUT2D eigenvalue weighted by Crippen LogP contribution is -2.45. The molecule has 0 aromatic heterocycles. The molecule has 1 heterocycles. The fourth-order valence-corrected chi connectivity index (χ4v) is 2.87. The molecule has 100 valence electrons. The Morgan fingerprint density at radius 1 is 1.33 bits per heavy atom. The number of anilines is 1. The minimum absolute atomic E-state index is 0.217. The molecule has 0 radical (unpaired) electrons. The summed E-state index contributed by atoms with van der Waals surface area (Å²) in [6.07, 6.45) is -0.0225. The number of ether oxygens (including phenoxy) is 1. The summed E-state index contributed by atoms with van der Waals surface area (Å²) in [6.45, 7) is 7.70. The molecule has 1 aliphatic heterocycles. The highest BCUT2D eigenvalue weighted by Crippen LogP contribution is 2.31. The predicted octanol–water partition coefficient (Wildman–Crippen LogP) is 3.12. The SMILES string of the molecule is CC(O)c1ccc(Br)cc1N1C[C@@H](C)O[C@@H](C)C1. The van der Waals surface area contributed by atoms with Crippen LogP contribution in [0.25, 0.3) is 0 Å². The van der Waals surface area contributed by atoms with E-state index in [2.05, 4.69) is 40.7 Å². The average molecular weight is 314 g/mol. The van der Waals surface area contributed by atoms with Crippen molar-refractivity contribution >= 4 is 21.6 Å². The molecule has 3 nitrogen and oxygen atoms in total. The standard InChI is InChI=1S/C14H20BrNO2/c1-9-7-16(8-10(2)18-9)14-6-12(15)4-5-13(14)11(3)17/h4-6,9-11,17H,7-8H2,1-3H3/t9-,10+,11?. The molecule has 1 unspecified atom stereocenters. The summed E-state index contributed by atoms with van der Waals surface area (Å²) in [6, 6.07) is 6.03. The van der Waals surface area contributed by atoms with Crippen molar-refractivity contribution in [3.8, 4) is 0 Å². The summed E-state index contributed by atoms with van der Waals surface area (Å²) in [5, 5.41) is 9.88. The van der Waals surface area contributed by atoms with E-state index in [1.54, 1.807) is 6.92 Å². The molecule has 1 aromatic rings. The second-order valence-corrected chi connectivity index (χ2v) is 5.96. The van der Waals surface area contributed by atoms with Gasteiger partial charge in [-0.05, 0) is 32.9 Å². The summed E-state index contributed by atoms with van der Waals surface area (Å²) in [7, 11) is 0. The topological polar surface area (TPSA) is 32.7 Å². The highest BCUT2D eigenvalue weighted by Gasteiger charge is 2.24. The number of aliphatic hydroxyl groups excluding tert-OH is 1. The van der Waals surface area contributed by atoms with Crippen LogP contribution in [0.15, 0.2) is 22.7 Å². The van der Waals surface area contributed by atoms with Crippen LogP contribution in [-0.2, 0) is 4.74 Å². The van der Waals surface area contributed by atoms with E-state index in [0.717, 1.165) is 28.8 Å². The van der Waals surface area contributed by atoms with Crippen LogP contribution in [0.4, 0.5) is 5.69 Å². The van der Waals surface area contributed by atoms with Gasteiger partial charge in [0.2, 0.25) is 0 Å². The fourth-order valence-electron chi connectivity index (χ4n) is 2.52. The number of hydrogen-bond donors (Lipinski definition) is 1. The van der Waals surface area contributed by atoms with Gasteiger partial charge in [0.05, 0.1) is 18.3 Å². The Kier molecular flexibility index (Phi) is 4.30. The van der Waals surface area contributed by atoms with Gasteiger partial charge in [-0.1, -0.05) is 22.0 Å². The summed E-state index contributed by atoms with van der Waals surface area (Å²) < 4.78 is 6.79. The third-order valence-electron chi connectivity index (χ3n) is 3.20. The molecule has 1 saturated heterocycles. The van der Waals surface area contributed by atoms with Crippen molar-refractivity contribution in [3.05, 3.63) is 28.2 Å². The van der Waals surface area contributed by atoms with Crippen LogP contribution in [-0.4, -0.2) is 30.4 Å². The lowest BCUT2D eigenvalue weighted by atomic mass is 10.1. The number of rotatable bonds is 2. The first-order valence-electron chi connectivity index (χ1n) is 6.35. The molecule has 0 aliphatic carbocycles. The molecule has 3 atom stereocenters. The van der Waals surface area contributed by atoms with Crippen LogP contribution >= 0.6 is 15.9 Å². The maximum absolute atomic E-state index is 9.88. The van der Waals surface area contributed by atoms with Crippen molar-refractivity contribution < 1.29 is 9.84 Å². The van der Waals surface area contributed by atoms with E-state index in [1.165, 1.54) is 0 Å². The summed E-state index contributed by atoms with van der Waals surface area (Å²) in [4.78, 5) is 2.30. The molecule has 0 saturated carbocycles. The highest BCUT2D eigenvalue weighted by atomic mass is 79.9. The predicted molar refractivity (Wildman–Crippen MR) is 77.0 cm³/mol. The lowest BCUT2D eigenvalue weighted by molar-refractivity contribution is -0.00538. The Morgan fingerprint density at radius 3 is 2.50 bits per heavy atom. The Bertz CT molecular complexity index is 412. The maximum atomic E-state index is 9.88. The molecular weight excluding hydrogens is 294 g/mol. The van der Waals surface area contributed by atoms with Crippen molar-refractivity contribution in [3.63, 3.8) is 0 Å². The molecule has 1 fully saturated rings. The number of benzene rings is 1. The van der Waals surface area contributed by atoms with E-state index in [1.807, 2.05) is 12.1 Å². The van der Waals surface area contributed by atoms with Gasteiger partial charge in [0.1, 0.15) is 0 Å². The molecule has 2 rings (SSSR count). The van der Waals surface area contributed by atoms with Gasteiger partial charge >= 0.3 is 0 Å². The van der Waals surface area contributed by atoms with E-state index in [4.69, 9.17) is 4.74 Å². The van der Waals surface area contributed by atoms with E-state index in [0.29, 0.717) is 0 Å². The van der Waals surface area contributed by atoms with Crippen molar-refractivity contribution in [1.82, 2.24) is 0 Å². The first kappa shape index (κ1) is 13.8. The van der Waals surface area contributed by atoms with Gasteiger partial charge < -0.3 is 14.7 Å². The van der Waals surface area contributed by atoms with Crippen LogP contribution in [0.5, 0.6) is 0 Å². The zero-order chi connectivity index (χ0) is 13.3. The van der Waals surface area contributed by atoms with Gasteiger partial charge in [0.25, 0.3) is 0 Å². The molecule has 18 heavy (non-hydrogen) atoms. The Labute approximate surface area is 117 Å². The Morgan fingerprint density at radius 2 is 1.94 bits per heavy atom. The molecular formula is C14H20BrNO2. The number of aliphatic hydroxyl groups is 1. The minimum Gasteiger partial charge on any atom is -0.389 e. The van der Waals surface area contributed by atoms with Gasteiger partial charge in [0.15, 0.2) is 0 Å². The van der Waals surface area contributed by atoms with Crippen LogP contribution in [0, 0.1) is 0 Å². The first-order chi connectivity index (χ1) is 8.47. The van der Waals surface area contributed by atoms with Crippen LogP contribution in [0.2, 0.25) is 0 Å². The van der Waals surface area contributed by atoms with Gasteiger partial charge in [-0.2, -0.15) is 0 Å². The van der Waals surface area contributed by atoms with Crippen molar-refractivity contribution in [2.24, 2.45) is 0 Å². The van der Waals surface area contributed by atoms with Crippen molar-refractivity contribution in [1.29, 1.82) is 0 Å². The number of nitrogens with zero attached hydrogens (tertiary/aromatic N) is 1. The van der Waals surface area contributed by atoms with E-state index in [-0.39, 0.29) is 12.2 Å². The quantitative estimate of drug-likeness (QED) is 0.910. The number of halogens is 1. The second kappa shape index (κ2) is 5.59. The molecule has 1 aromatic carbocycles. The number of morpholine rings is 1. The molecule has 1 aliphatic rings. The molecule has 1 N–H and O–H groups in total. The highest BCUT2D eigenvalue weighted by molar-refractivity contribution is 9.10. The van der Waals surface area contributed by atoms with Crippen LogP contribution in [0.1, 0.15) is 32.4 Å².